The number of amides is 2. The maximum absolute atomic E-state index is 12.4. The van der Waals surface area contributed by atoms with Crippen molar-refractivity contribution in [3.05, 3.63) is 0 Å². The van der Waals surface area contributed by atoms with Gasteiger partial charge >= 0.3 is 0 Å². The van der Waals surface area contributed by atoms with Crippen LogP contribution in [-0.2, 0) is 9.59 Å². The van der Waals surface area contributed by atoms with Gasteiger partial charge in [-0.3, -0.25) is 14.5 Å². The normalized spacial score (nSPS) is 21.8. The summed E-state index contributed by atoms with van der Waals surface area (Å²) in [4.78, 5) is 29.7. The van der Waals surface area contributed by atoms with Gasteiger partial charge in [0, 0.05) is 46.7 Å². The molecule has 1 aliphatic carbocycles. The lowest BCUT2D eigenvalue weighted by molar-refractivity contribution is -0.137. The standard InChI is InChI=1S/C15H28N4O2/c1-17(2)14(21)11-18-6-8-19(9-7-18)13(20)10-15(12-16)4-3-5-15/h3-12,16H2,1-2H3. The Labute approximate surface area is 127 Å². The topological polar surface area (TPSA) is 69.9 Å². The third-order valence-corrected chi connectivity index (χ3v) is 4.96. The fourth-order valence-corrected chi connectivity index (χ4v) is 3.05. The van der Waals surface area contributed by atoms with Crippen molar-refractivity contribution < 1.29 is 9.59 Å². The second kappa shape index (κ2) is 6.75. The molecule has 0 aromatic rings. The molecule has 0 aromatic carbocycles. The van der Waals surface area contributed by atoms with Crippen molar-refractivity contribution >= 4 is 11.8 Å². The van der Waals surface area contributed by atoms with Crippen LogP contribution in [0, 0.1) is 5.41 Å². The zero-order chi connectivity index (χ0) is 15.5. The Bertz CT molecular complexity index is 380. The van der Waals surface area contributed by atoms with E-state index < -0.39 is 0 Å². The van der Waals surface area contributed by atoms with Crippen molar-refractivity contribution in [3.63, 3.8) is 0 Å². The SMILES string of the molecule is CN(C)C(=O)CN1CCN(C(=O)CC2(CN)CCC2)CC1. The molecule has 0 radical (unpaired) electrons. The molecule has 0 aromatic heterocycles. The van der Waals surface area contributed by atoms with Gasteiger partial charge in [0.1, 0.15) is 0 Å². The van der Waals surface area contributed by atoms with E-state index in [1.165, 1.54) is 6.42 Å². The second-order valence-corrected chi connectivity index (χ2v) is 6.68. The van der Waals surface area contributed by atoms with Crippen molar-refractivity contribution in [3.8, 4) is 0 Å². The molecule has 2 N–H and O–H groups in total. The second-order valence-electron chi connectivity index (χ2n) is 6.68. The lowest BCUT2D eigenvalue weighted by Gasteiger charge is -2.42. The van der Waals surface area contributed by atoms with Crippen LogP contribution in [0.25, 0.3) is 0 Å². The first kappa shape index (κ1) is 16.2. The molecular formula is C15H28N4O2. The molecule has 0 spiro atoms. The maximum Gasteiger partial charge on any atom is 0.236 e. The van der Waals surface area contributed by atoms with Crippen LogP contribution >= 0.6 is 0 Å². The highest BCUT2D eigenvalue weighted by Gasteiger charge is 2.39. The number of carbonyl (C=O) groups excluding carboxylic acids is 2. The minimum Gasteiger partial charge on any atom is -0.348 e. The molecule has 0 atom stereocenters. The van der Waals surface area contributed by atoms with Crippen LogP contribution in [0.4, 0.5) is 0 Å². The average molecular weight is 296 g/mol. The van der Waals surface area contributed by atoms with Gasteiger partial charge < -0.3 is 15.5 Å². The van der Waals surface area contributed by atoms with Crippen LogP contribution in [0.3, 0.4) is 0 Å². The van der Waals surface area contributed by atoms with E-state index in [9.17, 15) is 9.59 Å². The molecule has 1 saturated heterocycles. The summed E-state index contributed by atoms with van der Waals surface area (Å²) in [5.74, 6) is 0.352. The molecule has 1 saturated carbocycles. The largest absolute Gasteiger partial charge is 0.348 e. The molecule has 6 nitrogen and oxygen atoms in total. The molecule has 2 aliphatic rings. The molecule has 120 valence electrons. The van der Waals surface area contributed by atoms with Crippen LogP contribution in [-0.4, -0.2) is 79.9 Å². The Morgan fingerprint density at radius 2 is 1.76 bits per heavy atom. The highest BCUT2D eigenvalue weighted by Crippen LogP contribution is 2.43. The molecular weight excluding hydrogens is 268 g/mol. The third-order valence-electron chi connectivity index (χ3n) is 4.96. The van der Waals surface area contributed by atoms with Crippen LogP contribution in [0.5, 0.6) is 0 Å². The van der Waals surface area contributed by atoms with E-state index in [4.69, 9.17) is 5.73 Å². The molecule has 0 bridgehead atoms. The van der Waals surface area contributed by atoms with E-state index in [0.717, 1.165) is 39.0 Å². The van der Waals surface area contributed by atoms with E-state index >= 15 is 0 Å². The number of nitrogens with two attached hydrogens (primary N) is 1. The smallest absolute Gasteiger partial charge is 0.236 e. The van der Waals surface area contributed by atoms with Gasteiger partial charge in [-0.1, -0.05) is 6.42 Å². The highest BCUT2D eigenvalue weighted by atomic mass is 16.2. The van der Waals surface area contributed by atoms with Crippen molar-refractivity contribution in [2.45, 2.75) is 25.7 Å². The number of hydrogen-bond donors (Lipinski definition) is 1. The number of hydrogen-bond acceptors (Lipinski definition) is 4. The molecule has 2 amide bonds. The molecule has 21 heavy (non-hydrogen) atoms. The summed E-state index contributed by atoms with van der Waals surface area (Å²) in [6.07, 6.45) is 3.98. The molecule has 1 aliphatic heterocycles. The summed E-state index contributed by atoms with van der Waals surface area (Å²) < 4.78 is 0. The van der Waals surface area contributed by atoms with Crippen molar-refractivity contribution in [1.29, 1.82) is 0 Å². The molecule has 6 heteroatoms. The van der Waals surface area contributed by atoms with Gasteiger partial charge in [0.05, 0.1) is 6.54 Å². The number of nitrogens with zero attached hydrogens (tertiary/aromatic N) is 3. The Balaban J connectivity index is 1.75. The van der Waals surface area contributed by atoms with Crippen molar-refractivity contribution in [2.24, 2.45) is 11.1 Å². The molecule has 1 heterocycles. The van der Waals surface area contributed by atoms with Gasteiger partial charge in [-0.15, -0.1) is 0 Å². The number of likely N-dealkylation sites (N-methyl/N-ethyl adjacent to an activating group) is 1. The Kier molecular flexibility index (Phi) is 5.22. The monoisotopic (exact) mass is 296 g/mol. The summed E-state index contributed by atoms with van der Waals surface area (Å²) in [5, 5.41) is 0. The van der Waals surface area contributed by atoms with E-state index in [-0.39, 0.29) is 17.2 Å². The van der Waals surface area contributed by atoms with Gasteiger partial charge in [-0.05, 0) is 24.8 Å². The van der Waals surface area contributed by atoms with Gasteiger partial charge in [0.15, 0.2) is 0 Å². The van der Waals surface area contributed by atoms with Crippen molar-refractivity contribution in [1.82, 2.24) is 14.7 Å². The zero-order valence-corrected chi connectivity index (χ0v) is 13.3. The molecule has 0 unspecified atom stereocenters. The van der Waals surface area contributed by atoms with Crippen LogP contribution < -0.4 is 5.73 Å². The molecule has 2 rings (SSSR count). The number of carbonyl (C=O) groups is 2. The van der Waals surface area contributed by atoms with E-state index in [0.29, 0.717) is 19.5 Å². The minimum absolute atomic E-state index is 0.0785. The minimum atomic E-state index is 0.0785. The third kappa shape index (κ3) is 3.95. The fourth-order valence-electron chi connectivity index (χ4n) is 3.05. The van der Waals surface area contributed by atoms with E-state index in [2.05, 4.69) is 4.90 Å². The van der Waals surface area contributed by atoms with Crippen LogP contribution in [0.15, 0.2) is 0 Å². The summed E-state index contributed by atoms with van der Waals surface area (Å²) >= 11 is 0. The van der Waals surface area contributed by atoms with Crippen LogP contribution in [0.2, 0.25) is 0 Å². The Morgan fingerprint density at radius 3 is 2.19 bits per heavy atom. The number of rotatable bonds is 5. The fraction of sp³-hybridized carbons (Fsp3) is 0.867. The highest BCUT2D eigenvalue weighted by molar-refractivity contribution is 5.78. The lowest BCUT2D eigenvalue weighted by Crippen LogP contribution is -2.52. The van der Waals surface area contributed by atoms with Gasteiger partial charge in [0.25, 0.3) is 0 Å². The summed E-state index contributed by atoms with van der Waals surface area (Å²) in [6, 6.07) is 0. The Hall–Kier alpha value is -1.14. The van der Waals surface area contributed by atoms with E-state index in [1.807, 2.05) is 4.90 Å². The predicted molar refractivity (Wildman–Crippen MR) is 81.7 cm³/mol. The van der Waals surface area contributed by atoms with Crippen LogP contribution in [0.1, 0.15) is 25.7 Å². The number of piperazine rings is 1. The van der Waals surface area contributed by atoms with Gasteiger partial charge in [0.2, 0.25) is 11.8 Å². The predicted octanol–water partition coefficient (Wildman–Crippen LogP) is -0.262. The van der Waals surface area contributed by atoms with Crippen molar-refractivity contribution in [2.75, 3.05) is 53.4 Å². The quantitative estimate of drug-likeness (QED) is 0.759. The van der Waals surface area contributed by atoms with Gasteiger partial charge in [-0.2, -0.15) is 0 Å². The molecule has 2 fully saturated rings. The van der Waals surface area contributed by atoms with E-state index in [1.54, 1.807) is 19.0 Å². The first-order valence-corrected chi connectivity index (χ1v) is 7.86. The summed E-state index contributed by atoms with van der Waals surface area (Å²) in [7, 11) is 3.54. The average Bonchev–Trinajstić information content (AvgIpc) is 2.43. The first-order chi connectivity index (χ1) is 9.96. The lowest BCUT2D eigenvalue weighted by atomic mass is 9.66. The maximum atomic E-state index is 12.4. The Morgan fingerprint density at radius 1 is 1.14 bits per heavy atom. The first-order valence-electron chi connectivity index (χ1n) is 7.86. The summed E-state index contributed by atoms with van der Waals surface area (Å²) in [6.45, 7) is 4.07. The summed E-state index contributed by atoms with van der Waals surface area (Å²) in [5.41, 5.74) is 5.91. The zero-order valence-electron chi connectivity index (χ0n) is 13.3. The van der Waals surface area contributed by atoms with Gasteiger partial charge in [-0.25, -0.2) is 0 Å².